The standard InChI is InChI=1S/C22H23N3O3S/c1-2-27-9-6-10-28-14-18-12-21(26)25-22(24-18)19(13-23-25)20-11-17(15-29-20)16-7-4-3-5-8-16/h3-5,7-8,11-13,15,24H,2,6,9-10,14H2,1H3. The minimum atomic E-state index is -0.169. The number of aromatic amines is 1. The van der Waals surface area contributed by atoms with E-state index in [0.717, 1.165) is 28.1 Å². The Morgan fingerprint density at radius 3 is 2.76 bits per heavy atom. The SMILES string of the molecule is CCOCCCOCc1cc(=O)n2ncc(-c3cc(-c4ccccc4)cs3)c2[nH]1. The summed E-state index contributed by atoms with van der Waals surface area (Å²) in [5, 5.41) is 6.39. The molecule has 0 aliphatic carbocycles. The highest BCUT2D eigenvalue weighted by atomic mass is 32.1. The molecule has 1 aromatic carbocycles. The molecule has 0 aliphatic heterocycles. The number of nitrogens with one attached hydrogen (secondary N) is 1. The molecule has 0 atom stereocenters. The Morgan fingerprint density at radius 1 is 1.10 bits per heavy atom. The summed E-state index contributed by atoms with van der Waals surface area (Å²) in [6.45, 7) is 4.30. The van der Waals surface area contributed by atoms with E-state index in [0.29, 0.717) is 32.1 Å². The smallest absolute Gasteiger partial charge is 0.274 e. The number of H-pyrrole nitrogens is 1. The Hall–Kier alpha value is -2.74. The molecule has 4 rings (SSSR count). The van der Waals surface area contributed by atoms with E-state index in [-0.39, 0.29) is 5.56 Å². The van der Waals surface area contributed by atoms with Crippen LogP contribution in [0.15, 0.2) is 58.8 Å². The molecule has 0 fully saturated rings. The monoisotopic (exact) mass is 409 g/mol. The second-order valence-corrected chi connectivity index (χ2v) is 7.53. The van der Waals surface area contributed by atoms with E-state index in [2.05, 4.69) is 33.7 Å². The van der Waals surface area contributed by atoms with Crippen molar-refractivity contribution in [2.75, 3.05) is 19.8 Å². The first-order valence-corrected chi connectivity index (χ1v) is 10.5. The van der Waals surface area contributed by atoms with Crippen LogP contribution in [0.3, 0.4) is 0 Å². The normalized spacial score (nSPS) is 11.3. The van der Waals surface area contributed by atoms with Crippen LogP contribution in [-0.4, -0.2) is 34.4 Å². The third-order valence-corrected chi connectivity index (χ3v) is 5.53. The molecule has 6 nitrogen and oxygen atoms in total. The fourth-order valence-electron chi connectivity index (χ4n) is 3.14. The number of ether oxygens (including phenoxy) is 2. The van der Waals surface area contributed by atoms with Crippen LogP contribution in [0.5, 0.6) is 0 Å². The van der Waals surface area contributed by atoms with Gasteiger partial charge < -0.3 is 14.5 Å². The molecule has 0 radical (unpaired) electrons. The zero-order chi connectivity index (χ0) is 20.1. The maximum Gasteiger partial charge on any atom is 0.274 e. The molecule has 0 aliphatic rings. The summed E-state index contributed by atoms with van der Waals surface area (Å²) in [6.07, 6.45) is 2.57. The summed E-state index contributed by atoms with van der Waals surface area (Å²) in [5.74, 6) is 0. The molecule has 3 heterocycles. The van der Waals surface area contributed by atoms with Crippen molar-refractivity contribution in [3.8, 4) is 21.6 Å². The summed E-state index contributed by atoms with van der Waals surface area (Å²) < 4.78 is 12.4. The van der Waals surface area contributed by atoms with Crippen LogP contribution >= 0.6 is 11.3 Å². The number of hydrogen-bond acceptors (Lipinski definition) is 5. The van der Waals surface area contributed by atoms with Crippen molar-refractivity contribution in [3.63, 3.8) is 0 Å². The van der Waals surface area contributed by atoms with Gasteiger partial charge in [0.2, 0.25) is 0 Å². The third-order valence-electron chi connectivity index (χ3n) is 4.57. The maximum absolute atomic E-state index is 12.5. The molecule has 4 aromatic rings. The first-order chi connectivity index (χ1) is 14.3. The van der Waals surface area contributed by atoms with Gasteiger partial charge in [0.1, 0.15) is 5.65 Å². The molecule has 7 heteroatoms. The lowest BCUT2D eigenvalue weighted by Gasteiger charge is -2.06. The van der Waals surface area contributed by atoms with Crippen molar-refractivity contribution in [1.29, 1.82) is 0 Å². The van der Waals surface area contributed by atoms with Crippen LogP contribution < -0.4 is 5.56 Å². The number of rotatable bonds is 9. The molecule has 0 saturated heterocycles. The maximum atomic E-state index is 12.5. The molecule has 0 bridgehead atoms. The van der Waals surface area contributed by atoms with Crippen molar-refractivity contribution in [2.45, 2.75) is 20.0 Å². The molecule has 3 aromatic heterocycles. The number of hydrogen-bond donors (Lipinski definition) is 1. The summed E-state index contributed by atoms with van der Waals surface area (Å²) >= 11 is 1.64. The van der Waals surface area contributed by atoms with Gasteiger partial charge in [-0.25, -0.2) is 0 Å². The summed E-state index contributed by atoms with van der Waals surface area (Å²) in [6, 6.07) is 13.9. The van der Waals surface area contributed by atoms with Gasteiger partial charge in [-0.3, -0.25) is 4.79 Å². The van der Waals surface area contributed by atoms with Crippen molar-refractivity contribution in [1.82, 2.24) is 14.6 Å². The van der Waals surface area contributed by atoms with Crippen LogP contribution in [0.2, 0.25) is 0 Å². The number of benzene rings is 1. The predicted molar refractivity (Wildman–Crippen MR) is 115 cm³/mol. The van der Waals surface area contributed by atoms with E-state index in [9.17, 15) is 4.79 Å². The largest absolute Gasteiger partial charge is 0.382 e. The van der Waals surface area contributed by atoms with Gasteiger partial charge >= 0.3 is 0 Å². The molecule has 0 unspecified atom stereocenters. The molecule has 0 amide bonds. The molecule has 150 valence electrons. The van der Waals surface area contributed by atoms with E-state index < -0.39 is 0 Å². The Morgan fingerprint density at radius 2 is 1.93 bits per heavy atom. The Labute approximate surface area is 172 Å². The fourth-order valence-corrected chi connectivity index (χ4v) is 4.07. The fraction of sp³-hybridized carbons (Fsp3) is 0.273. The molecular formula is C22H23N3O3S. The van der Waals surface area contributed by atoms with Gasteiger partial charge in [-0.1, -0.05) is 30.3 Å². The van der Waals surface area contributed by atoms with E-state index >= 15 is 0 Å². The van der Waals surface area contributed by atoms with Gasteiger partial charge in [-0.05, 0) is 35.9 Å². The van der Waals surface area contributed by atoms with Crippen molar-refractivity contribution in [3.05, 3.63) is 70.1 Å². The predicted octanol–water partition coefficient (Wildman–Crippen LogP) is 4.36. The van der Waals surface area contributed by atoms with Gasteiger partial charge in [0, 0.05) is 36.5 Å². The average molecular weight is 410 g/mol. The van der Waals surface area contributed by atoms with Gasteiger partial charge in [0.05, 0.1) is 18.4 Å². The highest BCUT2D eigenvalue weighted by Gasteiger charge is 2.13. The van der Waals surface area contributed by atoms with Gasteiger partial charge in [-0.15, -0.1) is 11.3 Å². The van der Waals surface area contributed by atoms with Crippen LogP contribution in [-0.2, 0) is 16.1 Å². The van der Waals surface area contributed by atoms with Crippen molar-refractivity contribution < 1.29 is 9.47 Å². The van der Waals surface area contributed by atoms with Crippen molar-refractivity contribution in [2.24, 2.45) is 0 Å². The van der Waals surface area contributed by atoms with Crippen LogP contribution in [0, 0.1) is 0 Å². The summed E-state index contributed by atoms with van der Waals surface area (Å²) in [5.41, 5.74) is 4.49. The lowest BCUT2D eigenvalue weighted by Crippen LogP contribution is -2.16. The number of thiophene rings is 1. The minimum absolute atomic E-state index is 0.169. The molecule has 0 spiro atoms. The van der Waals surface area contributed by atoms with Gasteiger partial charge in [0.25, 0.3) is 5.56 Å². The zero-order valence-corrected chi connectivity index (χ0v) is 17.1. The van der Waals surface area contributed by atoms with Crippen LogP contribution in [0.4, 0.5) is 0 Å². The molecular weight excluding hydrogens is 386 g/mol. The van der Waals surface area contributed by atoms with Crippen molar-refractivity contribution >= 4 is 17.0 Å². The molecule has 0 saturated carbocycles. The van der Waals surface area contributed by atoms with E-state index in [1.54, 1.807) is 17.5 Å². The Kier molecular flexibility index (Phi) is 6.19. The average Bonchev–Trinajstić information content (AvgIpc) is 3.38. The third kappa shape index (κ3) is 4.48. The highest BCUT2D eigenvalue weighted by molar-refractivity contribution is 7.14. The number of aromatic nitrogens is 3. The topological polar surface area (TPSA) is 68.6 Å². The first-order valence-electron chi connectivity index (χ1n) is 9.66. The quantitative estimate of drug-likeness (QED) is 0.417. The van der Waals surface area contributed by atoms with E-state index in [1.165, 1.54) is 16.1 Å². The number of fused-ring (bicyclic) bond motifs is 1. The highest BCUT2D eigenvalue weighted by Crippen LogP contribution is 2.33. The van der Waals surface area contributed by atoms with E-state index in [1.807, 2.05) is 25.1 Å². The summed E-state index contributed by atoms with van der Waals surface area (Å²) in [7, 11) is 0. The first kappa shape index (κ1) is 19.6. The molecule has 1 N–H and O–H groups in total. The van der Waals surface area contributed by atoms with Gasteiger partial charge in [0.15, 0.2) is 0 Å². The second-order valence-electron chi connectivity index (χ2n) is 6.62. The van der Waals surface area contributed by atoms with Crippen LogP contribution in [0.25, 0.3) is 27.2 Å². The molecule has 29 heavy (non-hydrogen) atoms. The summed E-state index contributed by atoms with van der Waals surface area (Å²) in [4.78, 5) is 16.8. The van der Waals surface area contributed by atoms with Crippen LogP contribution in [0.1, 0.15) is 19.0 Å². The Bertz CT molecular complexity index is 1130. The van der Waals surface area contributed by atoms with Gasteiger partial charge in [-0.2, -0.15) is 9.61 Å². The lowest BCUT2D eigenvalue weighted by atomic mass is 10.1. The Balaban J connectivity index is 1.56. The minimum Gasteiger partial charge on any atom is -0.382 e. The lowest BCUT2D eigenvalue weighted by molar-refractivity contribution is 0.0788. The van der Waals surface area contributed by atoms with E-state index in [4.69, 9.17) is 9.47 Å². The second kappa shape index (κ2) is 9.17. The number of nitrogens with zero attached hydrogens (tertiary/aromatic N) is 2. The zero-order valence-electron chi connectivity index (χ0n) is 16.3.